The van der Waals surface area contributed by atoms with Crippen LogP contribution in [0.2, 0.25) is 5.02 Å². The van der Waals surface area contributed by atoms with Crippen LogP contribution in [-0.2, 0) is 9.59 Å². The molecule has 3 amide bonds. The summed E-state index contributed by atoms with van der Waals surface area (Å²) in [6, 6.07) is 5.41. The minimum absolute atomic E-state index is 0.0686. The van der Waals surface area contributed by atoms with Crippen molar-refractivity contribution in [3.8, 4) is 6.07 Å². The lowest BCUT2D eigenvalue weighted by Crippen LogP contribution is -2.34. The number of nitriles is 1. The first kappa shape index (κ1) is 16.5. The van der Waals surface area contributed by atoms with Gasteiger partial charge >= 0.3 is 12.0 Å². The number of aliphatic carboxylic acids is 1. The third-order valence-electron chi connectivity index (χ3n) is 2.39. The van der Waals surface area contributed by atoms with Crippen molar-refractivity contribution in [2.45, 2.75) is 19.3 Å². The Labute approximate surface area is 125 Å². The average molecular weight is 310 g/mol. The second-order valence-corrected chi connectivity index (χ2v) is 4.46. The maximum absolute atomic E-state index is 11.5. The van der Waals surface area contributed by atoms with Gasteiger partial charge in [0.05, 0.1) is 22.3 Å². The quantitative estimate of drug-likeness (QED) is 0.769. The standard InChI is InChI=1S/C13H12ClN3O4/c14-9-6-8(7-15)4-5-10(9)16-13(21)17-11(18)2-1-3-12(19)20/h4-6H,1-3H2,(H,19,20)(H2,16,17,18,21). The van der Waals surface area contributed by atoms with Crippen LogP contribution in [0.1, 0.15) is 24.8 Å². The van der Waals surface area contributed by atoms with Crippen LogP contribution in [0.25, 0.3) is 0 Å². The van der Waals surface area contributed by atoms with Gasteiger partial charge in [0.25, 0.3) is 0 Å². The molecule has 0 saturated carbocycles. The Balaban J connectivity index is 2.48. The van der Waals surface area contributed by atoms with Crippen molar-refractivity contribution in [3.63, 3.8) is 0 Å². The lowest BCUT2D eigenvalue weighted by atomic mass is 10.2. The summed E-state index contributed by atoms with van der Waals surface area (Å²) in [5, 5.41) is 21.7. The number of carbonyl (C=O) groups is 3. The fraction of sp³-hybridized carbons (Fsp3) is 0.231. The first-order valence-electron chi connectivity index (χ1n) is 5.94. The van der Waals surface area contributed by atoms with Gasteiger partial charge in [-0.15, -0.1) is 0 Å². The Morgan fingerprint density at radius 3 is 2.57 bits per heavy atom. The molecule has 0 aliphatic rings. The number of urea groups is 1. The van der Waals surface area contributed by atoms with Crippen LogP contribution < -0.4 is 10.6 Å². The number of carboxylic acid groups (broad SMARTS) is 1. The number of imide groups is 1. The van der Waals surface area contributed by atoms with E-state index >= 15 is 0 Å². The van der Waals surface area contributed by atoms with E-state index in [4.69, 9.17) is 22.0 Å². The number of amides is 3. The molecule has 0 saturated heterocycles. The number of anilines is 1. The van der Waals surface area contributed by atoms with Gasteiger partial charge in [0.2, 0.25) is 5.91 Å². The number of nitrogens with one attached hydrogen (secondary N) is 2. The first-order valence-corrected chi connectivity index (χ1v) is 6.32. The van der Waals surface area contributed by atoms with Crippen LogP contribution in [-0.4, -0.2) is 23.0 Å². The highest BCUT2D eigenvalue weighted by molar-refractivity contribution is 6.33. The number of nitrogens with zero attached hydrogens (tertiary/aromatic N) is 1. The number of halogens is 1. The molecule has 0 radical (unpaired) electrons. The summed E-state index contributed by atoms with van der Waals surface area (Å²) in [7, 11) is 0. The van der Waals surface area contributed by atoms with Gasteiger partial charge in [0.15, 0.2) is 0 Å². The van der Waals surface area contributed by atoms with E-state index in [1.54, 1.807) is 0 Å². The zero-order chi connectivity index (χ0) is 15.8. The number of carbonyl (C=O) groups excluding carboxylic acids is 2. The van der Waals surface area contributed by atoms with Gasteiger partial charge in [-0.3, -0.25) is 14.9 Å². The molecule has 1 aromatic carbocycles. The second kappa shape index (κ2) is 7.87. The molecule has 0 heterocycles. The van der Waals surface area contributed by atoms with E-state index in [0.29, 0.717) is 5.56 Å². The molecule has 0 bridgehead atoms. The highest BCUT2D eigenvalue weighted by atomic mass is 35.5. The molecule has 21 heavy (non-hydrogen) atoms. The molecule has 0 fully saturated rings. The summed E-state index contributed by atoms with van der Waals surface area (Å²) in [6.45, 7) is 0. The molecule has 0 aliphatic carbocycles. The molecule has 8 heteroatoms. The Morgan fingerprint density at radius 1 is 1.29 bits per heavy atom. The average Bonchev–Trinajstić information content (AvgIpc) is 2.40. The number of hydrogen-bond donors (Lipinski definition) is 3. The zero-order valence-corrected chi connectivity index (χ0v) is 11.6. The van der Waals surface area contributed by atoms with Crippen molar-refractivity contribution < 1.29 is 19.5 Å². The van der Waals surface area contributed by atoms with Crippen molar-refractivity contribution >= 4 is 35.2 Å². The van der Waals surface area contributed by atoms with Gasteiger partial charge in [0.1, 0.15) is 0 Å². The highest BCUT2D eigenvalue weighted by Gasteiger charge is 2.10. The first-order chi connectivity index (χ1) is 9.92. The van der Waals surface area contributed by atoms with E-state index in [1.165, 1.54) is 18.2 Å². The molecular weight excluding hydrogens is 298 g/mol. The molecule has 7 nitrogen and oxygen atoms in total. The minimum Gasteiger partial charge on any atom is -0.481 e. The Bertz CT molecular complexity index is 610. The van der Waals surface area contributed by atoms with Crippen LogP contribution >= 0.6 is 11.6 Å². The van der Waals surface area contributed by atoms with E-state index in [-0.39, 0.29) is 30.0 Å². The van der Waals surface area contributed by atoms with Crippen molar-refractivity contribution in [1.82, 2.24) is 5.32 Å². The Hall–Kier alpha value is -2.59. The van der Waals surface area contributed by atoms with Crippen molar-refractivity contribution in [1.29, 1.82) is 5.26 Å². The molecular formula is C13H12ClN3O4. The highest BCUT2D eigenvalue weighted by Crippen LogP contribution is 2.22. The molecule has 0 spiro atoms. The summed E-state index contributed by atoms with van der Waals surface area (Å²) in [4.78, 5) is 33.2. The fourth-order valence-electron chi connectivity index (χ4n) is 1.43. The van der Waals surface area contributed by atoms with Crippen LogP contribution in [0.4, 0.5) is 10.5 Å². The lowest BCUT2D eigenvalue weighted by Gasteiger charge is -2.08. The third-order valence-corrected chi connectivity index (χ3v) is 2.71. The molecule has 0 atom stereocenters. The van der Waals surface area contributed by atoms with Gasteiger partial charge in [-0.25, -0.2) is 4.79 Å². The van der Waals surface area contributed by atoms with E-state index in [2.05, 4.69) is 10.6 Å². The maximum Gasteiger partial charge on any atom is 0.325 e. The fourth-order valence-corrected chi connectivity index (χ4v) is 1.66. The zero-order valence-electron chi connectivity index (χ0n) is 10.9. The molecule has 0 unspecified atom stereocenters. The summed E-state index contributed by atoms with van der Waals surface area (Å²) in [5.74, 6) is -1.59. The monoisotopic (exact) mass is 309 g/mol. The van der Waals surface area contributed by atoms with E-state index in [0.717, 1.165) is 0 Å². The topological polar surface area (TPSA) is 119 Å². The molecule has 1 aromatic rings. The smallest absolute Gasteiger partial charge is 0.325 e. The molecule has 0 aliphatic heterocycles. The van der Waals surface area contributed by atoms with Crippen LogP contribution in [0, 0.1) is 11.3 Å². The summed E-state index contributed by atoms with van der Waals surface area (Å²) >= 11 is 5.86. The molecule has 3 N–H and O–H groups in total. The largest absolute Gasteiger partial charge is 0.481 e. The summed E-state index contributed by atoms with van der Waals surface area (Å²) in [6.07, 6.45) is -0.0661. The second-order valence-electron chi connectivity index (χ2n) is 4.06. The molecule has 110 valence electrons. The van der Waals surface area contributed by atoms with Gasteiger partial charge < -0.3 is 10.4 Å². The van der Waals surface area contributed by atoms with Crippen molar-refractivity contribution in [2.75, 3.05) is 5.32 Å². The molecule has 1 rings (SSSR count). The molecule has 0 aromatic heterocycles. The van der Waals surface area contributed by atoms with E-state index < -0.39 is 17.9 Å². The third kappa shape index (κ3) is 5.93. The predicted molar refractivity (Wildman–Crippen MR) is 74.8 cm³/mol. The summed E-state index contributed by atoms with van der Waals surface area (Å²) < 4.78 is 0. The van der Waals surface area contributed by atoms with Gasteiger partial charge in [-0.05, 0) is 24.6 Å². The number of rotatable bonds is 5. The Kier molecular flexibility index (Phi) is 6.17. The van der Waals surface area contributed by atoms with Gasteiger partial charge in [0, 0.05) is 12.8 Å². The van der Waals surface area contributed by atoms with Crippen molar-refractivity contribution in [2.24, 2.45) is 0 Å². The predicted octanol–water partition coefficient (Wildman–Crippen LogP) is 2.11. The van der Waals surface area contributed by atoms with Gasteiger partial charge in [-0.1, -0.05) is 11.6 Å². The van der Waals surface area contributed by atoms with Crippen LogP contribution in [0.3, 0.4) is 0 Å². The number of benzene rings is 1. The Morgan fingerprint density at radius 2 is 2.00 bits per heavy atom. The van der Waals surface area contributed by atoms with E-state index in [9.17, 15) is 14.4 Å². The van der Waals surface area contributed by atoms with Crippen molar-refractivity contribution in [3.05, 3.63) is 28.8 Å². The number of carboxylic acids is 1. The SMILES string of the molecule is N#Cc1ccc(NC(=O)NC(=O)CCCC(=O)O)c(Cl)c1. The maximum atomic E-state index is 11.5. The minimum atomic E-state index is -1.00. The normalized spacial score (nSPS) is 9.52. The van der Waals surface area contributed by atoms with E-state index in [1.807, 2.05) is 6.07 Å². The lowest BCUT2D eigenvalue weighted by molar-refractivity contribution is -0.137. The van der Waals surface area contributed by atoms with Gasteiger partial charge in [-0.2, -0.15) is 5.26 Å². The number of hydrogen-bond acceptors (Lipinski definition) is 4. The van der Waals surface area contributed by atoms with Crippen LogP contribution in [0.5, 0.6) is 0 Å². The van der Waals surface area contributed by atoms with Crippen LogP contribution in [0.15, 0.2) is 18.2 Å². The summed E-state index contributed by atoms with van der Waals surface area (Å²) in [5.41, 5.74) is 0.599.